The number of fused-ring (bicyclic) bond motifs is 2. The molecule has 0 amide bonds. The first-order valence-corrected chi connectivity index (χ1v) is 11.3. The van der Waals surface area contributed by atoms with Gasteiger partial charge in [-0.1, -0.05) is 12.1 Å². The molecule has 0 fully saturated rings. The minimum Gasteiger partial charge on any atom is -0.443 e. The predicted molar refractivity (Wildman–Crippen MR) is 130 cm³/mol. The SMILES string of the molecule is Cc1cccc2c1c(C)c(Cn1c(=O)c3c(nc(Br)n3C)n(C)c1=O)n2C(=O)OC(C)(C)C. The van der Waals surface area contributed by atoms with E-state index in [-0.39, 0.29) is 17.7 Å². The van der Waals surface area contributed by atoms with Crippen LogP contribution in [0.1, 0.15) is 37.6 Å². The fourth-order valence-corrected chi connectivity index (χ4v) is 4.54. The molecule has 174 valence electrons. The van der Waals surface area contributed by atoms with E-state index in [1.165, 1.54) is 9.13 Å². The molecule has 0 saturated carbocycles. The molecule has 10 heteroatoms. The van der Waals surface area contributed by atoms with Gasteiger partial charge in [-0.3, -0.25) is 13.9 Å². The molecule has 0 N–H and O–H groups in total. The summed E-state index contributed by atoms with van der Waals surface area (Å²) in [5, 5.41) is 0.896. The lowest BCUT2D eigenvalue weighted by Gasteiger charge is -2.21. The summed E-state index contributed by atoms with van der Waals surface area (Å²) >= 11 is 3.32. The summed E-state index contributed by atoms with van der Waals surface area (Å²) in [7, 11) is 3.27. The Morgan fingerprint density at radius 2 is 1.79 bits per heavy atom. The van der Waals surface area contributed by atoms with Crippen LogP contribution >= 0.6 is 15.9 Å². The zero-order valence-corrected chi connectivity index (χ0v) is 21.3. The van der Waals surface area contributed by atoms with Gasteiger partial charge in [0.1, 0.15) is 5.60 Å². The molecule has 0 aliphatic heterocycles. The minimum atomic E-state index is -0.713. The molecule has 3 aromatic heterocycles. The quantitative estimate of drug-likeness (QED) is 0.380. The summed E-state index contributed by atoms with van der Waals surface area (Å²) in [5.74, 6) is 0. The Kier molecular flexibility index (Phi) is 5.39. The van der Waals surface area contributed by atoms with E-state index < -0.39 is 22.9 Å². The van der Waals surface area contributed by atoms with E-state index in [4.69, 9.17) is 4.74 Å². The molecular formula is C23H26BrN5O4. The molecule has 0 spiro atoms. The fraction of sp³-hybridized carbons (Fsp3) is 0.391. The van der Waals surface area contributed by atoms with Gasteiger partial charge in [-0.2, -0.15) is 0 Å². The van der Waals surface area contributed by atoms with E-state index >= 15 is 0 Å². The first kappa shape index (κ1) is 23.0. The standard InChI is InChI=1S/C23H26BrN5O4/c1-12-9-8-10-14-16(12)13(2)15(29(14)22(32)33-23(3,4)5)11-28-19(30)17-18(27(7)21(28)31)25-20(24)26(17)6/h8-10H,11H2,1-7H3. The van der Waals surface area contributed by atoms with Crippen molar-refractivity contribution >= 4 is 44.1 Å². The van der Waals surface area contributed by atoms with E-state index in [0.29, 0.717) is 15.9 Å². The fourth-order valence-electron chi connectivity index (χ4n) is 4.20. The van der Waals surface area contributed by atoms with Crippen LogP contribution in [0.15, 0.2) is 32.5 Å². The molecule has 0 bridgehead atoms. The van der Waals surface area contributed by atoms with Crippen molar-refractivity contribution in [1.29, 1.82) is 0 Å². The monoisotopic (exact) mass is 515 g/mol. The van der Waals surface area contributed by atoms with Crippen molar-refractivity contribution in [1.82, 2.24) is 23.3 Å². The summed E-state index contributed by atoms with van der Waals surface area (Å²) in [5.41, 5.74) is 1.86. The maximum atomic E-state index is 13.4. The van der Waals surface area contributed by atoms with Crippen molar-refractivity contribution in [2.75, 3.05) is 0 Å². The molecule has 0 aliphatic carbocycles. The first-order chi connectivity index (χ1) is 15.3. The van der Waals surface area contributed by atoms with Gasteiger partial charge in [0.05, 0.1) is 17.8 Å². The summed E-state index contributed by atoms with van der Waals surface area (Å²) in [6, 6.07) is 5.67. The van der Waals surface area contributed by atoms with Crippen molar-refractivity contribution in [2.24, 2.45) is 14.1 Å². The van der Waals surface area contributed by atoms with Crippen LogP contribution in [-0.4, -0.2) is 34.9 Å². The summed E-state index contributed by atoms with van der Waals surface area (Å²) in [6.45, 7) is 9.14. The van der Waals surface area contributed by atoms with Gasteiger partial charge in [0.2, 0.25) is 0 Å². The molecule has 0 unspecified atom stereocenters. The molecule has 0 aliphatic rings. The smallest absolute Gasteiger partial charge is 0.419 e. The lowest BCUT2D eigenvalue weighted by atomic mass is 10.1. The third-order valence-electron chi connectivity index (χ3n) is 5.76. The Morgan fingerprint density at radius 3 is 2.42 bits per heavy atom. The van der Waals surface area contributed by atoms with Gasteiger partial charge >= 0.3 is 11.8 Å². The van der Waals surface area contributed by atoms with E-state index in [2.05, 4.69) is 20.9 Å². The summed E-state index contributed by atoms with van der Waals surface area (Å²) in [6.07, 6.45) is -0.560. The van der Waals surface area contributed by atoms with Gasteiger partial charge in [0, 0.05) is 19.5 Å². The molecule has 33 heavy (non-hydrogen) atoms. The van der Waals surface area contributed by atoms with Gasteiger partial charge in [0.15, 0.2) is 15.9 Å². The van der Waals surface area contributed by atoms with Gasteiger partial charge in [-0.05, 0) is 67.7 Å². The third kappa shape index (κ3) is 3.62. The van der Waals surface area contributed by atoms with Crippen molar-refractivity contribution in [3.05, 3.63) is 60.6 Å². The maximum absolute atomic E-state index is 13.4. The van der Waals surface area contributed by atoms with Crippen LogP contribution in [0.2, 0.25) is 0 Å². The van der Waals surface area contributed by atoms with Crippen LogP contribution in [0.4, 0.5) is 4.79 Å². The van der Waals surface area contributed by atoms with Crippen LogP contribution in [0.5, 0.6) is 0 Å². The second kappa shape index (κ2) is 7.72. The zero-order valence-electron chi connectivity index (χ0n) is 19.7. The zero-order chi connectivity index (χ0) is 24.4. The van der Waals surface area contributed by atoms with Crippen molar-refractivity contribution in [2.45, 2.75) is 46.8 Å². The highest BCUT2D eigenvalue weighted by Gasteiger charge is 2.26. The van der Waals surface area contributed by atoms with Crippen LogP contribution in [0, 0.1) is 13.8 Å². The number of carbonyl (C=O) groups excluding carboxylic acids is 1. The van der Waals surface area contributed by atoms with E-state index in [1.807, 2.05) is 32.0 Å². The number of imidazole rings is 1. The highest BCUT2D eigenvalue weighted by Crippen LogP contribution is 2.30. The van der Waals surface area contributed by atoms with Crippen LogP contribution in [0.25, 0.3) is 22.1 Å². The Bertz CT molecular complexity index is 1560. The number of halogens is 1. The number of hydrogen-bond donors (Lipinski definition) is 0. The lowest BCUT2D eigenvalue weighted by Crippen LogP contribution is -2.40. The largest absolute Gasteiger partial charge is 0.443 e. The molecule has 0 saturated heterocycles. The summed E-state index contributed by atoms with van der Waals surface area (Å²) < 4.78 is 11.6. The van der Waals surface area contributed by atoms with Gasteiger partial charge in [-0.25, -0.2) is 19.1 Å². The molecule has 0 atom stereocenters. The number of aromatic nitrogens is 5. The van der Waals surface area contributed by atoms with Crippen molar-refractivity contribution < 1.29 is 9.53 Å². The second-order valence-electron chi connectivity index (χ2n) is 9.20. The third-order valence-corrected chi connectivity index (χ3v) is 6.47. The predicted octanol–water partition coefficient (Wildman–Crippen LogP) is 3.60. The normalized spacial score (nSPS) is 12.1. The number of aryl methyl sites for hydroxylation is 4. The second-order valence-corrected chi connectivity index (χ2v) is 9.91. The van der Waals surface area contributed by atoms with E-state index in [0.717, 1.165) is 21.1 Å². The van der Waals surface area contributed by atoms with Crippen molar-refractivity contribution in [3.8, 4) is 0 Å². The molecule has 0 radical (unpaired) electrons. The molecule has 4 aromatic rings. The maximum Gasteiger partial charge on any atom is 0.419 e. The summed E-state index contributed by atoms with van der Waals surface area (Å²) in [4.78, 5) is 44.1. The Labute approximate surface area is 198 Å². The number of benzene rings is 1. The van der Waals surface area contributed by atoms with Crippen LogP contribution in [-0.2, 0) is 25.4 Å². The number of rotatable bonds is 2. The average Bonchev–Trinajstić information content (AvgIpc) is 3.17. The van der Waals surface area contributed by atoms with E-state index in [1.54, 1.807) is 39.4 Å². The Morgan fingerprint density at radius 1 is 1.12 bits per heavy atom. The van der Waals surface area contributed by atoms with Crippen LogP contribution < -0.4 is 11.2 Å². The lowest BCUT2D eigenvalue weighted by molar-refractivity contribution is 0.0539. The topological polar surface area (TPSA) is 93.0 Å². The first-order valence-electron chi connectivity index (χ1n) is 10.5. The number of nitrogens with zero attached hydrogens (tertiary/aromatic N) is 5. The number of ether oxygens (including phenoxy) is 1. The highest BCUT2D eigenvalue weighted by atomic mass is 79.9. The van der Waals surface area contributed by atoms with Crippen LogP contribution in [0.3, 0.4) is 0 Å². The van der Waals surface area contributed by atoms with Gasteiger partial charge in [0.25, 0.3) is 5.56 Å². The average molecular weight is 516 g/mol. The number of hydrogen-bond acceptors (Lipinski definition) is 5. The molecule has 3 heterocycles. The molecule has 1 aromatic carbocycles. The van der Waals surface area contributed by atoms with Crippen molar-refractivity contribution in [3.63, 3.8) is 0 Å². The minimum absolute atomic E-state index is 0.0938. The molecule has 4 rings (SSSR count). The molecule has 9 nitrogen and oxygen atoms in total. The Balaban J connectivity index is 2.03. The number of carbonyl (C=O) groups is 1. The van der Waals surface area contributed by atoms with Gasteiger partial charge in [-0.15, -0.1) is 0 Å². The van der Waals surface area contributed by atoms with Gasteiger partial charge < -0.3 is 9.30 Å². The Hall–Kier alpha value is -3.14. The molecular weight excluding hydrogens is 490 g/mol. The highest BCUT2D eigenvalue weighted by molar-refractivity contribution is 9.10. The van der Waals surface area contributed by atoms with E-state index in [9.17, 15) is 14.4 Å².